The van der Waals surface area contributed by atoms with Crippen LogP contribution in [-0.2, 0) is 50.7 Å². The first-order valence-corrected chi connectivity index (χ1v) is 19.6. The van der Waals surface area contributed by atoms with Crippen molar-refractivity contribution in [3.63, 3.8) is 0 Å². The van der Waals surface area contributed by atoms with Crippen molar-refractivity contribution < 1.29 is 80.5 Å². The number of carbonyl (C=O) groups is 3. The number of aliphatic hydroxyl groups is 2. The van der Waals surface area contributed by atoms with E-state index in [4.69, 9.17) is 24.0 Å². The molecule has 1 saturated heterocycles. The third kappa shape index (κ3) is 10.8. The lowest BCUT2D eigenvalue weighted by atomic mass is 9.87. The quantitative estimate of drug-likeness (QED) is 0.0558. The lowest BCUT2D eigenvalue weighted by molar-refractivity contribution is -0.149. The van der Waals surface area contributed by atoms with E-state index in [0.717, 1.165) is 24.1 Å². The zero-order chi connectivity index (χ0) is 38.6. The zero-order valence-electron chi connectivity index (χ0n) is 27.0. The van der Waals surface area contributed by atoms with Crippen LogP contribution in [0.4, 0.5) is 5.82 Å². The lowest BCUT2D eigenvalue weighted by Crippen LogP contribution is -2.56. The van der Waals surface area contributed by atoms with Crippen LogP contribution in [0.15, 0.2) is 12.7 Å². The van der Waals surface area contributed by atoms with Crippen molar-refractivity contribution in [3.05, 3.63) is 12.7 Å². The molecule has 2 aromatic rings. The Morgan fingerprint density at radius 3 is 2.35 bits per heavy atom. The van der Waals surface area contributed by atoms with Crippen LogP contribution in [0.2, 0.25) is 0 Å². The van der Waals surface area contributed by atoms with Crippen LogP contribution in [0.25, 0.3) is 11.2 Å². The monoisotopic (exact) mass is 809 g/mol. The summed E-state index contributed by atoms with van der Waals surface area (Å²) in [6, 6.07) is 0. The van der Waals surface area contributed by atoms with Gasteiger partial charge < -0.3 is 50.9 Å². The van der Waals surface area contributed by atoms with Crippen LogP contribution >= 0.6 is 36.1 Å². The average Bonchev–Trinajstić information content (AvgIpc) is 3.56. The number of anilines is 1. The Morgan fingerprint density at radius 1 is 1.10 bits per heavy atom. The van der Waals surface area contributed by atoms with Gasteiger partial charge in [0.05, 0.1) is 19.5 Å². The summed E-state index contributed by atoms with van der Waals surface area (Å²) in [5.41, 5.74) is 1.08. The third-order valence-corrected chi connectivity index (χ3v) is 10.6. The number of hydrogen-bond acceptors (Lipinski definition) is 18. The van der Waals surface area contributed by atoms with Crippen molar-refractivity contribution in [2.45, 2.75) is 57.3 Å². The summed E-state index contributed by atoms with van der Waals surface area (Å²) in [7, 11) is -16.9. The molecule has 1 aliphatic rings. The van der Waals surface area contributed by atoms with Gasteiger partial charge in [0.2, 0.25) is 11.8 Å². The Balaban J connectivity index is 1.72. The van der Waals surface area contributed by atoms with Gasteiger partial charge in [0.1, 0.15) is 30.2 Å². The van der Waals surface area contributed by atoms with Gasteiger partial charge in [-0.25, -0.2) is 28.6 Å². The van der Waals surface area contributed by atoms with Crippen molar-refractivity contribution in [2.24, 2.45) is 5.41 Å². The summed E-state index contributed by atoms with van der Waals surface area (Å²) < 4.78 is 62.4. The third-order valence-electron chi connectivity index (χ3n) is 7.24. The number of ketones is 1. The molecule has 51 heavy (non-hydrogen) atoms. The van der Waals surface area contributed by atoms with Crippen LogP contribution in [0.3, 0.4) is 0 Å². The summed E-state index contributed by atoms with van der Waals surface area (Å²) in [5.74, 6) is -2.32. The molecule has 2 amide bonds. The molecule has 1 fully saturated rings. The van der Waals surface area contributed by atoms with Crippen LogP contribution < -0.4 is 16.4 Å². The number of nitrogens with zero attached hydrogens (tertiary/aromatic N) is 4. The Labute approximate surface area is 294 Å². The van der Waals surface area contributed by atoms with Gasteiger partial charge in [0.25, 0.3) is 0 Å². The zero-order valence-corrected chi connectivity index (χ0v) is 30.6. The molecule has 0 aromatic carbocycles. The first-order valence-electron chi connectivity index (χ1n) is 14.5. The maximum absolute atomic E-state index is 12.9. The first kappa shape index (κ1) is 43.0. The van der Waals surface area contributed by atoms with Crippen molar-refractivity contribution in [2.75, 3.05) is 37.8 Å². The number of ether oxygens (including phenoxy) is 1. The second-order valence-corrected chi connectivity index (χ2v) is 16.2. The van der Waals surface area contributed by atoms with Crippen LogP contribution in [-0.4, -0.2) is 123 Å². The highest BCUT2D eigenvalue weighted by molar-refractivity contribution is 7.80. The molecule has 0 bridgehead atoms. The highest BCUT2D eigenvalue weighted by Crippen LogP contribution is 2.61. The lowest BCUT2D eigenvalue weighted by Gasteiger charge is -2.33. The summed E-state index contributed by atoms with van der Waals surface area (Å²) in [6.45, 7) is 1.10. The van der Waals surface area contributed by atoms with Gasteiger partial charge in [-0.2, -0.15) is 16.9 Å². The van der Waals surface area contributed by atoms with Crippen LogP contribution in [0, 0.1) is 5.41 Å². The number of imidazole rings is 1. The molecule has 7 atom stereocenters. The number of nitrogens with one attached hydrogen (secondary N) is 2. The molecule has 0 aliphatic carbocycles. The number of phosphoric ester groups is 3. The number of thiol groups is 1. The van der Waals surface area contributed by atoms with E-state index in [-0.39, 0.29) is 35.9 Å². The van der Waals surface area contributed by atoms with Gasteiger partial charge in [0, 0.05) is 30.7 Å². The number of nitrogen functional groups attached to an aromatic ring is 1. The number of Topliss-reactive ketones (excluding diaryl/α,β-unsaturated/α-hetero) is 1. The normalized spacial score (nSPS) is 24.1. The molecule has 0 radical (unpaired) electrons. The molecular weight excluding hydrogens is 771 g/mol. The van der Waals surface area contributed by atoms with E-state index in [1.165, 1.54) is 13.8 Å². The summed E-state index contributed by atoms with van der Waals surface area (Å²) >= 11 is 3.95. The number of phosphoric acid groups is 3. The molecule has 28 heteroatoms. The minimum atomic E-state index is -5.71. The molecule has 3 rings (SSSR count). The predicted molar refractivity (Wildman–Crippen MR) is 173 cm³/mol. The maximum atomic E-state index is 12.9. The Kier molecular flexibility index (Phi) is 14.1. The SMILES string of the molecule is CC(=O)[C@@]1(OP(=O)(O)O)[C@@H](COP(=O)(O)OP(=O)(O)OCC(C)(C)[C@@H](O)C(=O)NCCC(=O)NCCS)O[C@@H](n2cnc3c(N)ncnc32)[C@@H]1O. The Morgan fingerprint density at radius 2 is 1.75 bits per heavy atom. The summed E-state index contributed by atoms with van der Waals surface area (Å²) in [4.78, 5) is 88.3. The molecule has 288 valence electrons. The Hall–Kier alpha value is -2.44. The second-order valence-electron chi connectivity index (χ2n) is 11.6. The fourth-order valence-electron chi connectivity index (χ4n) is 4.69. The van der Waals surface area contributed by atoms with Gasteiger partial charge in [-0.3, -0.25) is 32.5 Å². The van der Waals surface area contributed by atoms with E-state index in [0.29, 0.717) is 12.3 Å². The van der Waals surface area contributed by atoms with Crippen molar-refractivity contribution >= 4 is 70.7 Å². The van der Waals surface area contributed by atoms with E-state index in [2.05, 4.69) is 42.5 Å². The minimum absolute atomic E-state index is 0.00478. The molecule has 0 spiro atoms. The molecule has 0 saturated carbocycles. The predicted octanol–water partition coefficient (Wildman–Crippen LogP) is -1.71. The topological polar surface area (TPSA) is 364 Å². The summed E-state index contributed by atoms with van der Waals surface area (Å²) in [6.07, 6.45) is -6.13. The molecule has 24 nitrogen and oxygen atoms in total. The fraction of sp³-hybridized carbons (Fsp3) is 0.652. The van der Waals surface area contributed by atoms with E-state index >= 15 is 0 Å². The number of amides is 2. The molecule has 2 aromatic heterocycles. The van der Waals surface area contributed by atoms with Gasteiger partial charge in [-0.15, -0.1) is 0 Å². The molecular formula is C23H38N7O17P3S. The molecule has 2 unspecified atom stereocenters. The van der Waals surface area contributed by atoms with Gasteiger partial charge in [-0.1, -0.05) is 13.8 Å². The van der Waals surface area contributed by atoms with Gasteiger partial charge in [-0.05, 0) is 6.92 Å². The number of hydrogen-bond donors (Lipinski definition) is 10. The fourth-order valence-corrected chi connectivity index (χ4v) is 7.79. The molecule has 10 N–H and O–H groups in total. The smallest absolute Gasteiger partial charge is 0.385 e. The average molecular weight is 810 g/mol. The first-order chi connectivity index (χ1) is 23.5. The highest BCUT2D eigenvalue weighted by Gasteiger charge is 2.64. The van der Waals surface area contributed by atoms with E-state index in [1.807, 2.05) is 0 Å². The number of aliphatic hydroxyl groups excluding tert-OH is 2. The standard InChI is InChI=1S/C23H38N7O17P3S/c1-12(31)23(46-48(36,37)38)13(45-21(17(23)34)30-11-29-15-18(24)27-10-28-19(15)30)8-43-49(39,40)47-50(41,42)44-9-22(2,3)16(33)20(35)26-5-4-14(32)25-6-7-51/h10-11,13,16-17,21,33-34,51H,4-9H2,1-3H3,(H,25,32)(H,26,35)(H,39,40)(H,41,42)(H2,24,27,28)(H2,36,37,38)/t13-,16+,17+,21-,23-/m1/s1. The highest BCUT2D eigenvalue weighted by atomic mass is 32.1. The largest absolute Gasteiger partial charge is 0.481 e. The van der Waals surface area contributed by atoms with E-state index in [9.17, 15) is 57.9 Å². The Bertz CT molecular complexity index is 1740. The minimum Gasteiger partial charge on any atom is -0.385 e. The number of nitrogens with two attached hydrogens (primary N) is 1. The van der Waals surface area contributed by atoms with Crippen molar-refractivity contribution in [1.82, 2.24) is 30.2 Å². The number of fused-ring (bicyclic) bond motifs is 1. The van der Waals surface area contributed by atoms with Crippen LogP contribution in [0.5, 0.6) is 0 Å². The molecule has 1 aliphatic heterocycles. The summed E-state index contributed by atoms with van der Waals surface area (Å²) in [5, 5.41) is 26.5. The second kappa shape index (κ2) is 16.7. The maximum Gasteiger partial charge on any atom is 0.481 e. The van der Waals surface area contributed by atoms with Gasteiger partial charge in [0.15, 0.2) is 29.1 Å². The van der Waals surface area contributed by atoms with Crippen LogP contribution in [0.1, 0.15) is 33.4 Å². The number of aromatic nitrogens is 4. The number of rotatable bonds is 19. The number of carbonyl (C=O) groups excluding carboxylic acids is 3. The van der Waals surface area contributed by atoms with E-state index < -0.39 is 83.9 Å². The van der Waals surface area contributed by atoms with Crippen molar-refractivity contribution in [1.29, 1.82) is 0 Å². The van der Waals surface area contributed by atoms with Gasteiger partial charge >= 0.3 is 23.5 Å². The molecule has 3 heterocycles. The van der Waals surface area contributed by atoms with E-state index in [1.54, 1.807) is 0 Å². The van der Waals surface area contributed by atoms with Crippen molar-refractivity contribution in [3.8, 4) is 0 Å².